The van der Waals surface area contributed by atoms with Crippen molar-refractivity contribution in [3.63, 3.8) is 0 Å². The molecule has 11 heteroatoms. The van der Waals surface area contributed by atoms with E-state index in [4.69, 9.17) is 28.4 Å². The summed E-state index contributed by atoms with van der Waals surface area (Å²) in [6, 6.07) is 0. The van der Waals surface area contributed by atoms with E-state index in [1.807, 2.05) is 0 Å². The molecular formula is C21H32O11. The van der Waals surface area contributed by atoms with E-state index in [-0.39, 0.29) is 32.1 Å². The molecule has 1 aliphatic rings. The van der Waals surface area contributed by atoms with E-state index in [0.29, 0.717) is 0 Å². The molecule has 0 aromatic carbocycles. The summed E-state index contributed by atoms with van der Waals surface area (Å²) in [5.74, 6) is -3.11. The van der Waals surface area contributed by atoms with Gasteiger partial charge in [-0.15, -0.1) is 0 Å². The number of carbonyl (C=O) groups excluding carboxylic acids is 5. The largest absolute Gasteiger partial charge is 0.462 e. The molecule has 0 aromatic rings. The zero-order valence-electron chi connectivity index (χ0n) is 19.1. The highest BCUT2D eigenvalue weighted by atomic mass is 16.8. The Bertz CT molecular complexity index is 675. The molecule has 0 spiro atoms. The van der Waals surface area contributed by atoms with E-state index < -0.39 is 67.2 Å². The smallest absolute Gasteiger partial charge is 0.307 e. The van der Waals surface area contributed by atoms with Gasteiger partial charge in [-0.2, -0.15) is 0 Å². The molecular weight excluding hydrogens is 428 g/mol. The van der Waals surface area contributed by atoms with Crippen molar-refractivity contribution in [2.24, 2.45) is 0 Å². The number of esters is 5. The van der Waals surface area contributed by atoms with E-state index in [0.717, 1.165) is 0 Å². The third-order valence-corrected chi connectivity index (χ3v) is 4.49. The molecule has 1 saturated heterocycles. The molecule has 11 nitrogen and oxygen atoms in total. The van der Waals surface area contributed by atoms with E-state index >= 15 is 0 Å². The quantitative estimate of drug-likeness (QED) is 0.309. The van der Waals surface area contributed by atoms with Crippen LogP contribution in [0.25, 0.3) is 0 Å². The zero-order valence-corrected chi connectivity index (χ0v) is 19.1. The van der Waals surface area contributed by atoms with Crippen molar-refractivity contribution in [2.75, 3.05) is 6.61 Å². The van der Waals surface area contributed by atoms with E-state index in [2.05, 4.69) is 0 Å². The molecule has 5 atom stereocenters. The molecule has 0 amide bonds. The minimum atomic E-state index is -1.41. The summed E-state index contributed by atoms with van der Waals surface area (Å²) in [7, 11) is 0. The van der Waals surface area contributed by atoms with Gasteiger partial charge in [-0.25, -0.2) is 0 Å². The van der Waals surface area contributed by atoms with Gasteiger partial charge in [0.25, 0.3) is 0 Å². The maximum atomic E-state index is 12.1. The lowest BCUT2D eigenvalue weighted by Crippen LogP contribution is -2.47. The Hall–Kier alpha value is -2.69. The first-order valence-corrected chi connectivity index (χ1v) is 10.8. The number of ether oxygens (including phenoxy) is 6. The van der Waals surface area contributed by atoms with Crippen molar-refractivity contribution in [3.8, 4) is 0 Å². The number of hydrogen-bond acceptors (Lipinski definition) is 11. The van der Waals surface area contributed by atoms with Crippen LogP contribution in [0, 0.1) is 0 Å². The molecule has 0 radical (unpaired) electrons. The molecule has 1 rings (SSSR count). The molecule has 0 N–H and O–H groups in total. The van der Waals surface area contributed by atoms with Crippen LogP contribution in [0.1, 0.15) is 66.7 Å². The predicted octanol–water partition coefficient (Wildman–Crippen LogP) is 1.58. The molecule has 32 heavy (non-hydrogen) atoms. The van der Waals surface area contributed by atoms with Crippen molar-refractivity contribution in [3.05, 3.63) is 0 Å². The van der Waals surface area contributed by atoms with Crippen molar-refractivity contribution in [1.82, 2.24) is 0 Å². The molecule has 0 unspecified atom stereocenters. The van der Waals surface area contributed by atoms with Gasteiger partial charge in [-0.3, -0.25) is 24.0 Å². The maximum absolute atomic E-state index is 12.1. The van der Waals surface area contributed by atoms with Crippen LogP contribution in [0.3, 0.4) is 0 Å². The first-order chi connectivity index (χ1) is 15.2. The second-order valence-electron chi connectivity index (χ2n) is 6.85. The Morgan fingerprint density at radius 3 is 1.62 bits per heavy atom. The van der Waals surface area contributed by atoms with Gasteiger partial charge >= 0.3 is 29.8 Å². The highest BCUT2D eigenvalue weighted by Crippen LogP contribution is 2.32. The van der Waals surface area contributed by atoms with Crippen molar-refractivity contribution in [2.45, 2.75) is 97.4 Å². The molecule has 0 bridgehead atoms. The second kappa shape index (κ2) is 13.7. The molecule has 0 aromatic heterocycles. The monoisotopic (exact) mass is 460 g/mol. The van der Waals surface area contributed by atoms with E-state index in [9.17, 15) is 24.0 Å². The minimum absolute atomic E-state index is 0.00130. The Morgan fingerprint density at radius 1 is 0.656 bits per heavy atom. The van der Waals surface area contributed by atoms with Crippen LogP contribution in [0.15, 0.2) is 0 Å². The maximum Gasteiger partial charge on any atom is 0.307 e. The SMILES string of the molecule is CCC(=O)OC[C@H](OC(=O)CC)[C@H]1O[C@@H](OC(=O)CC)[C@H](OC(=O)CC)[C@H]1OC(=O)CC. The Morgan fingerprint density at radius 2 is 1.12 bits per heavy atom. The van der Waals surface area contributed by atoms with Gasteiger partial charge in [0.15, 0.2) is 12.2 Å². The van der Waals surface area contributed by atoms with Crippen molar-refractivity contribution < 1.29 is 52.4 Å². The van der Waals surface area contributed by atoms with Crippen LogP contribution in [0.4, 0.5) is 0 Å². The first kappa shape index (κ1) is 27.3. The molecule has 0 aliphatic carbocycles. The van der Waals surface area contributed by atoms with Crippen LogP contribution >= 0.6 is 0 Å². The number of rotatable bonds is 12. The van der Waals surface area contributed by atoms with Crippen LogP contribution in [-0.2, 0) is 52.4 Å². The molecule has 1 aliphatic heterocycles. The normalized spacial score (nSPS) is 23.0. The summed E-state index contributed by atoms with van der Waals surface area (Å²) in [6.07, 6.45) is -6.30. The fourth-order valence-electron chi connectivity index (χ4n) is 2.71. The van der Waals surface area contributed by atoms with Gasteiger partial charge in [-0.05, 0) is 0 Å². The number of carbonyl (C=O) groups is 5. The average Bonchev–Trinajstić information content (AvgIpc) is 3.11. The fraction of sp³-hybridized carbons (Fsp3) is 0.762. The lowest BCUT2D eigenvalue weighted by molar-refractivity contribution is -0.205. The lowest BCUT2D eigenvalue weighted by Gasteiger charge is -2.28. The second-order valence-corrected chi connectivity index (χ2v) is 6.85. The Labute approximate surface area is 187 Å². The summed E-state index contributed by atoms with van der Waals surface area (Å²) < 4.78 is 32.3. The molecule has 182 valence electrons. The predicted molar refractivity (Wildman–Crippen MR) is 107 cm³/mol. The van der Waals surface area contributed by atoms with E-state index in [1.54, 1.807) is 34.6 Å². The third kappa shape index (κ3) is 8.10. The van der Waals surface area contributed by atoms with Crippen LogP contribution < -0.4 is 0 Å². The van der Waals surface area contributed by atoms with Gasteiger partial charge in [-0.1, -0.05) is 34.6 Å². The Balaban J connectivity index is 3.31. The van der Waals surface area contributed by atoms with Gasteiger partial charge in [0.1, 0.15) is 12.7 Å². The van der Waals surface area contributed by atoms with Crippen LogP contribution in [-0.4, -0.2) is 67.2 Å². The standard InChI is InChI=1S/C21H32O11/c1-6-13(22)27-11-12(28-14(23)7-2)18-19(29-15(24)8-3)20(30-16(25)9-4)21(32-18)31-17(26)10-5/h12,18-21H,6-11H2,1-5H3/t12-,18+,19-,20+,21+/m0/s1. The zero-order chi connectivity index (χ0) is 24.3. The average molecular weight is 460 g/mol. The first-order valence-electron chi connectivity index (χ1n) is 10.8. The highest BCUT2D eigenvalue weighted by molar-refractivity contribution is 5.72. The van der Waals surface area contributed by atoms with Crippen molar-refractivity contribution in [1.29, 1.82) is 0 Å². The summed E-state index contributed by atoms with van der Waals surface area (Å²) in [6.45, 7) is 7.45. The van der Waals surface area contributed by atoms with Gasteiger partial charge in [0.05, 0.1) is 0 Å². The van der Waals surface area contributed by atoms with E-state index in [1.165, 1.54) is 0 Å². The molecule has 1 fully saturated rings. The lowest BCUT2D eigenvalue weighted by atomic mass is 10.1. The molecule has 1 heterocycles. The molecule has 0 saturated carbocycles. The third-order valence-electron chi connectivity index (χ3n) is 4.49. The minimum Gasteiger partial charge on any atom is -0.462 e. The van der Waals surface area contributed by atoms with Crippen LogP contribution in [0.5, 0.6) is 0 Å². The topological polar surface area (TPSA) is 141 Å². The van der Waals surface area contributed by atoms with Crippen molar-refractivity contribution >= 4 is 29.8 Å². The summed E-state index contributed by atoms with van der Waals surface area (Å²) in [5, 5.41) is 0. The van der Waals surface area contributed by atoms with Gasteiger partial charge in [0, 0.05) is 32.1 Å². The summed E-state index contributed by atoms with van der Waals surface area (Å²) in [5.41, 5.74) is 0. The Kier molecular flexibility index (Phi) is 11.7. The summed E-state index contributed by atoms with van der Waals surface area (Å²) >= 11 is 0. The highest BCUT2D eigenvalue weighted by Gasteiger charge is 2.55. The number of hydrogen-bond donors (Lipinski definition) is 0. The van der Waals surface area contributed by atoms with Gasteiger partial charge < -0.3 is 28.4 Å². The summed E-state index contributed by atoms with van der Waals surface area (Å²) in [4.78, 5) is 59.7. The van der Waals surface area contributed by atoms with Crippen LogP contribution in [0.2, 0.25) is 0 Å². The van der Waals surface area contributed by atoms with Gasteiger partial charge in [0.2, 0.25) is 12.4 Å². The fourth-order valence-corrected chi connectivity index (χ4v) is 2.71.